The zero-order chi connectivity index (χ0) is 23.0. The van der Waals surface area contributed by atoms with Crippen molar-refractivity contribution in [2.24, 2.45) is 0 Å². The van der Waals surface area contributed by atoms with Crippen molar-refractivity contribution in [3.8, 4) is 0 Å². The summed E-state index contributed by atoms with van der Waals surface area (Å²) in [6, 6.07) is 0. The molecule has 0 spiro atoms. The second kappa shape index (κ2) is 9.23. The molecule has 0 aromatic carbocycles. The van der Waals surface area contributed by atoms with Crippen LogP contribution in [0.4, 0.5) is 5.82 Å². The molecule has 3 heterocycles. The zero-order valence-electron chi connectivity index (χ0n) is 17.9. The van der Waals surface area contributed by atoms with Crippen molar-refractivity contribution in [1.29, 1.82) is 0 Å². The van der Waals surface area contributed by atoms with Crippen LogP contribution < -0.4 is 5.73 Å². The Bertz CT molecular complexity index is 1020. The van der Waals surface area contributed by atoms with E-state index in [0.29, 0.717) is 17.6 Å². The molecule has 0 aliphatic carbocycles. The van der Waals surface area contributed by atoms with Gasteiger partial charge in [-0.15, -0.1) is 0 Å². The van der Waals surface area contributed by atoms with Gasteiger partial charge >= 0.3 is 15.2 Å². The SMILES string of the molecule is CCC(C)P(=O)(O)OC[C@H]1O[C@@H](n2cnc3c(N)ncnc32)C[C@@H]1OP(=O)(O)C(C)C. The number of imidazole rings is 1. The van der Waals surface area contributed by atoms with E-state index in [1.807, 2.05) is 0 Å². The highest BCUT2D eigenvalue weighted by Crippen LogP contribution is 2.53. The van der Waals surface area contributed by atoms with E-state index in [1.54, 1.807) is 32.3 Å². The number of nitrogen functional groups attached to an aromatic ring is 1. The molecule has 3 rings (SSSR count). The zero-order valence-corrected chi connectivity index (χ0v) is 19.6. The first-order valence-electron chi connectivity index (χ1n) is 10.0. The number of nitrogens with zero attached hydrogens (tertiary/aromatic N) is 4. The highest BCUT2D eigenvalue weighted by molar-refractivity contribution is 7.53. The summed E-state index contributed by atoms with van der Waals surface area (Å²) in [7, 11) is -7.82. The van der Waals surface area contributed by atoms with E-state index in [9.17, 15) is 18.9 Å². The van der Waals surface area contributed by atoms with E-state index in [-0.39, 0.29) is 18.8 Å². The molecule has 1 fully saturated rings. The summed E-state index contributed by atoms with van der Waals surface area (Å²) in [5, 5.41) is 0. The summed E-state index contributed by atoms with van der Waals surface area (Å²) in [5.41, 5.74) is 5.48. The number of hydrogen-bond acceptors (Lipinski definition) is 9. The van der Waals surface area contributed by atoms with Crippen LogP contribution in [0.1, 0.15) is 46.8 Å². The lowest BCUT2D eigenvalue weighted by Gasteiger charge is -2.25. The van der Waals surface area contributed by atoms with E-state index in [2.05, 4.69) is 15.0 Å². The molecule has 0 bridgehead atoms. The van der Waals surface area contributed by atoms with Gasteiger partial charge in [-0.05, 0) is 6.42 Å². The Labute approximate surface area is 180 Å². The Morgan fingerprint density at radius 3 is 2.61 bits per heavy atom. The third-order valence-corrected chi connectivity index (χ3v) is 9.26. The van der Waals surface area contributed by atoms with E-state index in [1.165, 1.54) is 12.7 Å². The average Bonchev–Trinajstić information content (AvgIpc) is 3.30. The maximum Gasteiger partial charge on any atom is 0.330 e. The summed E-state index contributed by atoms with van der Waals surface area (Å²) >= 11 is 0. The first kappa shape index (κ1) is 24.3. The van der Waals surface area contributed by atoms with Gasteiger partial charge in [-0.1, -0.05) is 27.7 Å². The van der Waals surface area contributed by atoms with Gasteiger partial charge in [0.2, 0.25) is 0 Å². The maximum absolute atomic E-state index is 12.5. The molecule has 12 nitrogen and oxygen atoms in total. The molecule has 1 saturated heterocycles. The van der Waals surface area contributed by atoms with Gasteiger partial charge < -0.3 is 29.3 Å². The largest absolute Gasteiger partial charge is 0.382 e. The minimum Gasteiger partial charge on any atom is -0.382 e. The van der Waals surface area contributed by atoms with E-state index < -0.39 is 44.9 Å². The van der Waals surface area contributed by atoms with Crippen molar-refractivity contribution >= 4 is 32.2 Å². The Morgan fingerprint density at radius 2 is 1.97 bits per heavy atom. The molecule has 2 aromatic heterocycles. The lowest BCUT2D eigenvalue weighted by molar-refractivity contribution is -0.0373. The summed E-state index contributed by atoms with van der Waals surface area (Å²) in [4.78, 5) is 32.7. The standard InChI is InChI=1S/C17H29N5O7P2/c1-5-11(4)31(25,26)27-7-13-12(29-30(23,24)10(2)3)6-14(28-13)22-9-21-15-16(18)19-8-20-17(15)22/h8-14H,5-7H2,1-4H3,(H,23,24)(H,25,26)(H2,18,19,20)/t11?,12-,13+,14+/m0/s1. The molecular formula is C17H29N5O7P2. The lowest BCUT2D eigenvalue weighted by atomic mass is 10.2. The van der Waals surface area contributed by atoms with Gasteiger partial charge in [0.1, 0.15) is 24.2 Å². The van der Waals surface area contributed by atoms with Crippen LogP contribution in [-0.4, -0.2) is 59.4 Å². The minimum atomic E-state index is -3.94. The van der Waals surface area contributed by atoms with E-state index >= 15 is 0 Å². The first-order valence-corrected chi connectivity index (χ1v) is 13.3. The van der Waals surface area contributed by atoms with Gasteiger partial charge in [-0.3, -0.25) is 13.7 Å². The quantitative estimate of drug-likeness (QED) is 0.453. The molecule has 14 heteroatoms. The fourth-order valence-electron chi connectivity index (χ4n) is 3.07. The summed E-state index contributed by atoms with van der Waals surface area (Å²) in [6.45, 7) is 6.28. The molecule has 0 amide bonds. The maximum atomic E-state index is 12.5. The Hall–Kier alpha value is -1.39. The highest BCUT2D eigenvalue weighted by Gasteiger charge is 2.43. The topological polar surface area (TPSA) is 172 Å². The number of nitrogens with two attached hydrogens (primary N) is 1. The average molecular weight is 477 g/mol. The Kier molecular flexibility index (Phi) is 7.22. The van der Waals surface area contributed by atoms with Crippen LogP contribution in [0.5, 0.6) is 0 Å². The lowest BCUT2D eigenvalue weighted by Crippen LogP contribution is -2.29. The number of fused-ring (bicyclic) bond motifs is 1. The summed E-state index contributed by atoms with van der Waals surface area (Å²) < 4.78 is 43.4. The van der Waals surface area contributed by atoms with Crippen molar-refractivity contribution in [2.45, 2.75) is 70.3 Å². The smallest absolute Gasteiger partial charge is 0.330 e. The third-order valence-electron chi connectivity index (χ3n) is 5.39. The highest BCUT2D eigenvalue weighted by atomic mass is 31.2. The fourth-order valence-corrected chi connectivity index (χ4v) is 5.00. The Balaban J connectivity index is 1.85. The van der Waals surface area contributed by atoms with Crippen molar-refractivity contribution in [1.82, 2.24) is 19.5 Å². The Morgan fingerprint density at radius 1 is 1.26 bits per heavy atom. The second-order valence-electron chi connectivity index (χ2n) is 7.87. The van der Waals surface area contributed by atoms with Crippen molar-refractivity contribution in [3.63, 3.8) is 0 Å². The van der Waals surface area contributed by atoms with Crippen molar-refractivity contribution in [2.75, 3.05) is 12.3 Å². The number of rotatable bonds is 9. The predicted molar refractivity (Wildman–Crippen MR) is 114 cm³/mol. The van der Waals surface area contributed by atoms with Crippen LogP contribution in [-0.2, 0) is 22.9 Å². The van der Waals surface area contributed by atoms with Gasteiger partial charge in [-0.2, -0.15) is 0 Å². The van der Waals surface area contributed by atoms with Crippen LogP contribution in [0.3, 0.4) is 0 Å². The molecule has 2 aromatic rings. The normalized spacial score (nSPS) is 26.7. The first-order chi connectivity index (χ1) is 14.5. The molecule has 0 radical (unpaired) electrons. The summed E-state index contributed by atoms with van der Waals surface area (Å²) in [6.07, 6.45) is 1.06. The number of hydrogen-bond donors (Lipinski definition) is 3. The molecule has 174 valence electrons. The monoisotopic (exact) mass is 477 g/mol. The van der Waals surface area contributed by atoms with Gasteiger partial charge in [0.15, 0.2) is 11.5 Å². The predicted octanol–water partition coefficient (Wildman–Crippen LogP) is 2.68. The van der Waals surface area contributed by atoms with Crippen molar-refractivity contribution in [3.05, 3.63) is 12.7 Å². The fraction of sp³-hybridized carbons (Fsp3) is 0.706. The minimum absolute atomic E-state index is 0.180. The van der Waals surface area contributed by atoms with Crippen LogP contribution in [0.15, 0.2) is 12.7 Å². The van der Waals surface area contributed by atoms with Gasteiger partial charge in [0.25, 0.3) is 0 Å². The van der Waals surface area contributed by atoms with Gasteiger partial charge in [0.05, 0.1) is 30.4 Å². The van der Waals surface area contributed by atoms with Crippen LogP contribution in [0, 0.1) is 0 Å². The molecular weight excluding hydrogens is 448 g/mol. The van der Waals surface area contributed by atoms with Gasteiger partial charge in [-0.25, -0.2) is 15.0 Å². The molecule has 31 heavy (non-hydrogen) atoms. The molecule has 6 atom stereocenters. The molecule has 1 aliphatic heterocycles. The second-order valence-corrected chi connectivity index (χ2v) is 12.5. The number of anilines is 1. The van der Waals surface area contributed by atoms with E-state index in [4.69, 9.17) is 19.5 Å². The number of ether oxygens (including phenoxy) is 1. The molecule has 3 unspecified atom stereocenters. The summed E-state index contributed by atoms with van der Waals surface area (Å²) in [5.74, 6) is 0.212. The van der Waals surface area contributed by atoms with Crippen LogP contribution in [0.25, 0.3) is 11.2 Å². The number of aromatic nitrogens is 4. The van der Waals surface area contributed by atoms with Gasteiger partial charge in [0, 0.05) is 6.42 Å². The van der Waals surface area contributed by atoms with Crippen LogP contribution in [0.2, 0.25) is 0 Å². The third kappa shape index (κ3) is 5.17. The molecule has 4 N–H and O–H groups in total. The molecule has 0 saturated carbocycles. The van der Waals surface area contributed by atoms with E-state index in [0.717, 1.165) is 0 Å². The van der Waals surface area contributed by atoms with Crippen molar-refractivity contribution < 1.29 is 32.7 Å². The molecule has 1 aliphatic rings. The van der Waals surface area contributed by atoms with Crippen LogP contribution >= 0.6 is 15.2 Å².